The lowest BCUT2D eigenvalue weighted by atomic mass is 9.93. The molecule has 0 radical (unpaired) electrons. The monoisotopic (exact) mass is 770 g/mol. The number of sulfone groups is 1. The van der Waals surface area contributed by atoms with Gasteiger partial charge in [-0.05, 0) is 94.0 Å². The van der Waals surface area contributed by atoms with E-state index in [2.05, 4.69) is 9.72 Å². The SMILES string of the molecule is CCOc1cc([C@H](C(=O)N2CCC(C(=O)OC(=O)C(F)(F)F)C2c2ccccc2S(=O)(=O)C(C)C)N(N)c2ccc3cnccc3c2)ccc1OC(C)C. The molecule has 288 valence electrons. The van der Waals surface area contributed by atoms with Gasteiger partial charge in [0, 0.05) is 24.3 Å². The largest absolute Gasteiger partial charge is 0.491 e. The van der Waals surface area contributed by atoms with Crippen molar-refractivity contribution in [3.05, 3.63) is 90.3 Å². The molecule has 3 aromatic carbocycles. The average molecular weight is 771 g/mol. The molecule has 12 nitrogen and oxygen atoms in total. The van der Waals surface area contributed by atoms with Crippen LogP contribution in [0.4, 0.5) is 18.9 Å². The van der Waals surface area contributed by atoms with Crippen LogP contribution in [0.25, 0.3) is 10.8 Å². The number of hydrogen-bond acceptors (Lipinski definition) is 11. The standard InChI is InChI=1S/C38H41F3N4O8S/c1-6-51-31-20-25(12-14-30(31)52-22(2)3)33(45(42)27-13-11-26-21-43-17-15-24(26)19-27)35(46)44-18-16-29(36(47)53-37(48)38(39,40)41)34(44)28-9-7-8-10-32(28)54(49,50)23(4)5/h7-15,17,19-23,29,33-34H,6,16,18,42H2,1-5H3/t29?,33-,34?/m1/s1. The Kier molecular flexibility index (Phi) is 11.9. The van der Waals surface area contributed by atoms with Crippen LogP contribution >= 0.6 is 0 Å². The first-order valence-corrected chi connectivity index (χ1v) is 18.8. The minimum atomic E-state index is -5.48. The number of pyridine rings is 1. The normalized spacial score (nSPS) is 16.8. The number of ether oxygens (including phenoxy) is 3. The first-order valence-electron chi connectivity index (χ1n) is 17.2. The van der Waals surface area contributed by atoms with Gasteiger partial charge < -0.3 is 19.1 Å². The Hall–Kier alpha value is -5.22. The first-order chi connectivity index (χ1) is 25.4. The minimum Gasteiger partial charge on any atom is -0.490 e. The van der Waals surface area contributed by atoms with Gasteiger partial charge in [0.25, 0.3) is 5.91 Å². The fourth-order valence-corrected chi connectivity index (χ4v) is 7.70. The molecule has 0 bridgehead atoms. The number of alkyl halides is 3. The van der Waals surface area contributed by atoms with Gasteiger partial charge in [0.15, 0.2) is 21.3 Å². The van der Waals surface area contributed by atoms with E-state index in [0.717, 1.165) is 10.8 Å². The highest BCUT2D eigenvalue weighted by Gasteiger charge is 2.50. The van der Waals surface area contributed by atoms with Gasteiger partial charge in [-0.2, -0.15) is 13.2 Å². The Balaban J connectivity index is 1.69. The van der Waals surface area contributed by atoms with Gasteiger partial charge in [-0.3, -0.25) is 19.6 Å². The van der Waals surface area contributed by atoms with Crippen molar-refractivity contribution in [1.82, 2.24) is 9.88 Å². The molecular formula is C38H41F3N4O8S. The van der Waals surface area contributed by atoms with E-state index in [1.54, 1.807) is 61.8 Å². The van der Waals surface area contributed by atoms with Crippen molar-refractivity contribution in [3.63, 3.8) is 0 Å². The lowest BCUT2D eigenvalue weighted by Crippen LogP contribution is -2.47. The van der Waals surface area contributed by atoms with Gasteiger partial charge in [0.05, 0.1) is 40.5 Å². The molecule has 0 aliphatic carbocycles. The van der Waals surface area contributed by atoms with Gasteiger partial charge in [-0.1, -0.05) is 30.3 Å². The van der Waals surface area contributed by atoms with Crippen molar-refractivity contribution in [1.29, 1.82) is 0 Å². The molecule has 4 aromatic rings. The third-order valence-corrected chi connectivity index (χ3v) is 11.2. The summed E-state index contributed by atoms with van der Waals surface area (Å²) >= 11 is 0. The summed E-state index contributed by atoms with van der Waals surface area (Å²) in [5.74, 6) is 0.955. The van der Waals surface area contributed by atoms with E-state index in [0.29, 0.717) is 22.7 Å². The quantitative estimate of drug-likeness (QED) is 0.0752. The minimum absolute atomic E-state index is 0.0327. The predicted molar refractivity (Wildman–Crippen MR) is 193 cm³/mol. The van der Waals surface area contributed by atoms with Crippen molar-refractivity contribution in [2.24, 2.45) is 11.8 Å². The summed E-state index contributed by atoms with van der Waals surface area (Å²) < 4.78 is 83.1. The number of carbonyl (C=O) groups excluding carboxylic acids is 3. The molecule has 3 atom stereocenters. The fraction of sp³-hybridized carbons (Fsp3) is 0.368. The third-order valence-electron chi connectivity index (χ3n) is 8.95. The molecule has 1 amide bonds. The maximum atomic E-state index is 15.2. The number of nitrogens with two attached hydrogens (primary N) is 1. The van der Waals surface area contributed by atoms with Gasteiger partial charge in [-0.25, -0.2) is 19.1 Å². The molecule has 16 heteroatoms. The van der Waals surface area contributed by atoms with E-state index < -0.39 is 57.1 Å². The van der Waals surface area contributed by atoms with E-state index in [4.69, 9.17) is 15.3 Å². The highest BCUT2D eigenvalue weighted by molar-refractivity contribution is 7.92. The second-order valence-electron chi connectivity index (χ2n) is 13.2. The zero-order valence-electron chi connectivity index (χ0n) is 30.2. The van der Waals surface area contributed by atoms with E-state index in [-0.39, 0.29) is 36.1 Å². The van der Waals surface area contributed by atoms with Crippen LogP contribution in [0.3, 0.4) is 0 Å². The number of benzene rings is 3. The number of hydrogen-bond donors (Lipinski definition) is 1. The van der Waals surface area contributed by atoms with Crippen LogP contribution in [0.2, 0.25) is 0 Å². The van der Waals surface area contributed by atoms with Crippen LogP contribution in [0.5, 0.6) is 11.5 Å². The lowest BCUT2D eigenvalue weighted by molar-refractivity contribution is -0.203. The second-order valence-corrected chi connectivity index (χ2v) is 15.7. The average Bonchev–Trinajstić information content (AvgIpc) is 3.57. The second kappa shape index (κ2) is 16.0. The Labute approximate surface area is 310 Å². The van der Waals surface area contributed by atoms with Crippen LogP contribution in [0.1, 0.15) is 64.3 Å². The Morgan fingerprint density at radius 2 is 1.70 bits per heavy atom. The highest BCUT2D eigenvalue weighted by Crippen LogP contribution is 2.44. The smallest absolute Gasteiger partial charge is 0.490 e. The number of likely N-dealkylation sites (tertiary alicyclic amines) is 1. The Morgan fingerprint density at radius 3 is 2.37 bits per heavy atom. The first kappa shape index (κ1) is 40.0. The summed E-state index contributed by atoms with van der Waals surface area (Å²) in [5.41, 5.74) is 0.671. The molecule has 1 aromatic heterocycles. The number of esters is 2. The van der Waals surface area contributed by atoms with Gasteiger partial charge in [-0.15, -0.1) is 0 Å². The Morgan fingerprint density at radius 1 is 0.981 bits per heavy atom. The molecule has 1 aliphatic heterocycles. The number of amides is 1. The van der Waals surface area contributed by atoms with Crippen molar-refractivity contribution in [2.75, 3.05) is 18.2 Å². The van der Waals surface area contributed by atoms with E-state index >= 15 is 4.79 Å². The number of anilines is 1. The van der Waals surface area contributed by atoms with Crippen LogP contribution in [-0.2, 0) is 29.0 Å². The summed E-state index contributed by atoms with van der Waals surface area (Å²) in [5, 5.41) is 1.82. The summed E-state index contributed by atoms with van der Waals surface area (Å²) in [6, 6.07) is 14.5. The summed E-state index contributed by atoms with van der Waals surface area (Å²) in [6.45, 7) is 8.35. The lowest BCUT2D eigenvalue weighted by Gasteiger charge is -2.36. The van der Waals surface area contributed by atoms with Crippen LogP contribution in [0, 0.1) is 5.92 Å². The molecule has 2 N–H and O–H groups in total. The maximum absolute atomic E-state index is 15.2. The van der Waals surface area contributed by atoms with Crippen molar-refractivity contribution in [3.8, 4) is 11.5 Å². The molecule has 1 saturated heterocycles. The van der Waals surface area contributed by atoms with Crippen LogP contribution < -0.4 is 20.3 Å². The molecular weight excluding hydrogens is 729 g/mol. The molecule has 1 aliphatic rings. The molecule has 2 heterocycles. The number of aromatic nitrogens is 1. The fourth-order valence-electron chi connectivity index (χ4n) is 6.41. The van der Waals surface area contributed by atoms with Crippen molar-refractivity contribution in [2.45, 2.75) is 75.5 Å². The number of fused-ring (bicyclic) bond motifs is 1. The van der Waals surface area contributed by atoms with Crippen molar-refractivity contribution < 1.29 is 50.2 Å². The zero-order chi connectivity index (χ0) is 39.5. The van der Waals surface area contributed by atoms with Crippen molar-refractivity contribution >= 4 is 44.1 Å². The molecule has 2 unspecified atom stereocenters. The number of halogens is 3. The van der Waals surface area contributed by atoms with E-state index in [9.17, 15) is 31.2 Å². The van der Waals surface area contributed by atoms with E-state index in [1.165, 1.54) is 48.0 Å². The molecule has 54 heavy (non-hydrogen) atoms. The number of carbonyl (C=O) groups is 3. The van der Waals surface area contributed by atoms with Gasteiger partial charge in [0.2, 0.25) is 0 Å². The summed E-state index contributed by atoms with van der Waals surface area (Å²) in [6.07, 6.45) is -2.72. The maximum Gasteiger partial charge on any atom is 0.491 e. The molecule has 1 fully saturated rings. The molecule has 0 saturated carbocycles. The van der Waals surface area contributed by atoms with Crippen LogP contribution in [0.15, 0.2) is 84.0 Å². The molecule has 5 rings (SSSR count). The Bertz CT molecular complexity index is 2140. The third kappa shape index (κ3) is 8.29. The van der Waals surface area contributed by atoms with Crippen LogP contribution in [-0.4, -0.2) is 66.8 Å². The summed E-state index contributed by atoms with van der Waals surface area (Å²) in [4.78, 5) is 45.5. The number of nitrogens with zero attached hydrogens (tertiary/aromatic N) is 3. The van der Waals surface area contributed by atoms with E-state index in [1.807, 2.05) is 13.8 Å². The topological polar surface area (TPSA) is 158 Å². The summed E-state index contributed by atoms with van der Waals surface area (Å²) in [7, 11) is -4.08. The number of rotatable bonds is 12. The number of hydrazine groups is 1. The predicted octanol–water partition coefficient (Wildman–Crippen LogP) is 6.25. The van der Waals surface area contributed by atoms with Gasteiger partial charge >= 0.3 is 18.1 Å². The van der Waals surface area contributed by atoms with Gasteiger partial charge in [0.1, 0.15) is 6.04 Å². The molecule has 0 spiro atoms. The zero-order valence-corrected chi connectivity index (χ0v) is 31.1. The highest BCUT2D eigenvalue weighted by atomic mass is 32.2.